The van der Waals surface area contributed by atoms with Gasteiger partial charge in [-0.3, -0.25) is 9.59 Å². The first-order valence-electron chi connectivity index (χ1n) is 8.40. The normalized spacial score (nSPS) is 16.0. The summed E-state index contributed by atoms with van der Waals surface area (Å²) < 4.78 is 6.07. The van der Waals surface area contributed by atoms with Gasteiger partial charge >= 0.3 is 0 Å². The zero-order chi connectivity index (χ0) is 18.1. The van der Waals surface area contributed by atoms with Gasteiger partial charge in [0.15, 0.2) is 0 Å². The lowest BCUT2D eigenvalue weighted by atomic mass is 10.0. The van der Waals surface area contributed by atoms with Crippen molar-refractivity contribution in [3.63, 3.8) is 0 Å². The van der Waals surface area contributed by atoms with Crippen LogP contribution in [-0.2, 0) is 0 Å². The zero-order valence-electron chi connectivity index (χ0n) is 14.3. The summed E-state index contributed by atoms with van der Waals surface area (Å²) in [6.45, 7) is 1.98. The summed E-state index contributed by atoms with van der Waals surface area (Å²) in [6.07, 6.45) is -0.800. The first kappa shape index (κ1) is 16.1. The second-order valence-electron chi connectivity index (χ2n) is 6.22. The number of rotatable bonds is 2. The van der Waals surface area contributed by atoms with Crippen LogP contribution >= 0.6 is 0 Å². The Kier molecular flexibility index (Phi) is 4.01. The molecule has 0 fully saturated rings. The van der Waals surface area contributed by atoms with Gasteiger partial charge in [-0.05, 0) is 31.2 Å². The number of hydrogen-bond acceptors (Lipinski definition) is 3. The van der Waals surface area contributed by atoms with Gasteiger partial charge in [-0.2, -0.15) is 0 Å². The molecule has 1 aliphatic heterocycles. The van der Waals surface area contributed by atoms with Gasteiger partial charge < -0.3 is 4.74 Å². The number of benzene rings is 3. The molecular formula is C22H17NO3. The van der Waals surface area contributed by atoms with E-state index in [4.69, 9.17) is 4.74 Å². The van der Waals surface area contributed by atoms with Crippen LogP contribution in [-0.4, -0.2) is 16.7 Å². The van der Waals surface area contributed by atoms with Gasteiger partial charge in [0.2, 0.25) is 6.23 Å². The van der Waals surface area contributed by atoms with Gasteiger partial charge in [-0.1, -0.05) is 60.2 Å². The van der Waals surface area contributed by atoms with Crippen LogP contribution < -0.4 is 4.74 Å². The number of carbonyl (C=O) groups excluding carboxylic acids is 2. The SMILES string of the molecule is Cc1ccc(C2Oc3ccccc3C(=O)N2C(=O)c2ccccc2)cc1. The first-order chi connectivity index (χ1) is 12.6. The number of ether oxygens (including phenoxy) is 1. The molecule has 0 N–H and O–H groups in total. The van der Waals surface area contributed by atoms with E-state index in [0.717, 1.165) is 11.1 Å². The molecule has 1 unspecified atom stereocenters. The molecule has 0 aromatic heterocycles. The summed E-state index contributed by atoms with van der Waals surface area (Å²) >= 11 is 0. The summed E-state index contributed by atoms with van der Waals surface area (Å²) in [5.74, 6) is -0.248. The molecule has 4 heteroatoms. The Hall–Kier alpha value is -3.40. The topological polar surface area (TPSA) is 46.6 Å². The molecule has 1 atom stereocenters. The van der Waals surface area contributed by atoms with Crippen molar-refractivity contribution in [2.75, 3.05) is 0 Å². The second-order valence-corrected chi connectivity index (χ2v) is 6.22. The van der Waals surface area contributed by atoms with Crippen molar-refractivity contribution >= 4 is 11.8 Å². The van der Waals surface area contributed by atoms with Crippen LogP contribution in [0.3, 0.4) is 0 Å². The molecule has 0 bridgehead atoms. The van der Waals surface area contributed by atoms with E-state index < -0.39 is 6.23 Å². The highest BCUT2D eigenvalue weighted by Crippen LogP contribution is 2.36. The van der Waals surface area contributed by atoms with E-state index in [9.17, 15) is 9.59 Å². The number of aryl methyl sites for hydroxylation is 1. The third-order valence-electron chi connectivity index (χ3n) is 4.41. The molecule has 0 saturated heterocycles. The van der Waals surface area contributed by atoms with Crippen LogP contribution in [0.25, 0.3) is 0 Å². The Morgan fingerprint density at radius 3 is 2.27 bits per heavy atom. The van der Waals surface area contributed by atoms with Gasteiger partial charge in [0, 0.05) is 11.1 Å². The Morgan fingerprint density at radius 2 is 1.54 bits per heavy atom. The molecule has 2 amide bonds. The van der Waals surface area contributed by atoms with Crippen molar-refractivity contribution in [2.45, 2.75) is 13.2 Å². The molecule has 1 heterocycles. The third-order valence-corrected chi connectivity index (χ3v) is 4.41. The maximum absolute atomic E-state index is 13.1. The molecule has 4 rings (SSSR count). The number of nitrogens with zero attached hydrogens (tertiary/aromatic N) is 1. The van der Waals surface area contributed by atoms with Gasteiger partial charge in [0.05, 0.1) is 5.56 Å². The van der Waals surface area contributed by atoms with Crippen molar-refractivity contribution in [1.29, 1.82) is 0 Å². The minimum absolute atomic E-state index is 0.355. The number of imide groups is 1. The van der Waals surface area contributed by atoms with Gasteiger partial charge in [-0.15, -0.1) is 0 Å². The average Bonchev–Trinajstić information content (AvgIpc) is 2.69. The van der Waals surface area contributed by atoms with E-state index >= 15 is 0 Å². The minimum atomic E-state index is -0.800. The highest BCUT2D eigenvalue weighted by Gasteiger charge is 2.39. The van der Waals surface area contributed by atoms with E-state index in [0.29, 0.717) is 16.9 Å². The van der Waals surface area contributed by atoms with Crippen molar-refractivity contribution in [3.05, 3.63) is 101 Å². The number of carbonyl (C=O) groups is 2. The Bertz CT molecular complexity index is 964. The van der Waals surface area contributed by atoms with Crippen molar-refractivity contribution in [3.8, 4) is 5.75 Å². The monoisotopic (exact) mass is 343 g/mol. The number of amides is 2. The molecule has 26 heavy (non-hydrogen) atoms. The van der Waals surface area contributed by atoms with Gasteiger partial charge in [-0.25, -0.2) is 4.90 Å². The van der Waals surface area contributed by atoms with E-state index in [1.165, 1.54) is 4.90 Å². The molecule has 3 aromatic carbocycles. The maximum Gasteiger partial charge on any atom is 0.267 e. The lowest BCUT2D eigenvalue weighted by Crippen LogP contribution is -2.45. The standard InChI is InChI=1S/C22H17NO3/c1-15-11-13-17(14-12-15)22-23(20(24)16-7-3-2-4-8-16)21(25)18-9-5-6-10-19(18)26-22/h2-14,22H,1H3. The predicted octanol–water partition coefficient (Wildman–Crippen LogP) is 4.37. The lowest BCUT2D eigenvalue weighted by molar-refractivity contribution is 0.0107. The summed E-state index contributed by atoms with van der Waals surface area (Å²) in [5.41, 5.74) is 2.68. The predicted molar refractivity (Wildman–Crippen MR) is 97.9 cm³/mol. The van der Waals surface area contributed by atoms with Gasteiger partial charge in [0.25, 0.3) is 11.8 Å². The minimum Gasteiger partial charge on any atom is -0.465 e. The van der Waals surface area contributed by atoms with Crippen molar-refractivity contribution in [2.24, 2.45) is 0 Å². The Morgan fingerprint density at radius 1 is 0.885 bits per heavy atom. The number of fused-ring (bicyclic) bond motifs is 1. The molecular weight excluding hydrogens is 326 g/mol. The molecule has 0 radical (unpaired) electrons. The van der Waals surface area contributed by atoms with Crippen LogP contribution in [0.15, 0.2) is 78.9 Å². The van der Waals surface area contributed by atoms with Gasteiger partial charge in [0.1, 0.15) is 5.75 Å². The zero-order valence-corrected chi connectivity index (χ0v) is 14.3. The Labute approximate surface area is 151 Å². The third kappa shape index (κ3) is 2.75. The molecule has 0 aliphatic carbocycles. The lowest BCUT2D eigenvalue weighted by Gasteiger charge is -2.35. The van der Waals surface area contributed by atoms with Crippen molar-refractivity contribution < 1.29 is 14.3 Å². The molecule has 0 spiro atoms. The largest absolute Gasteiger partial charge is 0.465 e. The Balaban J connectivity index is 1.82. The van der Waals surface area contributed by atoms with E-state index in [1.54, 1.807) is 42.5 Å². The molecule has 128 valence electrons. The summed E-state index contributed by atoms with van der Waals surface area (Å²) in [7, 11) is 0. The van der Waals surface area contributed by atoms with Crippen LogP contribution in [0.1, 0.15) is 38.1 Å². The van der Waals surface area contributed by atoms with Crippen LogP contribution in [0, 0.1) is 6.92 Å². The van der Waals surface area contributed by atoms with Crippen LogP contribution in [0.2, 0.25) is 0 Å². The van der Waals surface area contributed by atoms with Crippen molar-refractivity contribution in [1.82, 2.24) is 4.90 Å². The van der Waals surface area contributed by atoms with E-state index in [1.807, 2.05) is 43.3 Å². The second kappa shape index (κ2) is 6.48. The molecule has 0 saturated carbocycles. The van der Waals surface area contributed by atoms with Crippen LogP contribution in [0.5, 0.6) is 5.75 Å². The summed E-state index contributed by atoms with van der Waals surface area (Å²) in [6, 6.07) is 23.4. The quantitative estimate of drug-likeness (QED) is 0.649. The average molecular weight is 343 g/mol. The highest BCUT2D eigenvalue weighted by molar-refractivity contribution is 6.12. The van der Waals surface area contributed by atoms with E-state index in [-0.39, 0.29) is 11.8 Å². The highest BCUT2D eigenvalue weighted by atomic mass is 16.5. The fraction of sp³-hybridized carbons (Fsp3) is 0.0909. The fourth-order valence-electron chi connectivity index (χ4n) is 3.02. The van der Waals surface area contributed by atoms with Crippen LogP contribution in [0.4, 0.5) is 0 Å². The summed E-state index contributed by atoms with van der Waals surface area (Å²) in [4.78, 5) is 27.4. The molecule has 3 aromatic rings. The first-order valence-corrected chi connectivity index (χ1v) is 8.40. The number of hydrogen-bond donors (Lipinski definition) is 0. The number of para-hydroxylation sites is 1. The van der Waals surface area contributed by atoms with E-state index in [2.05, 4.69) is 0 Å². The maximum atomic E-state index is 13.1. The fourth-order valence-corrected chi connectivity index (χ4v) is 3.02. The summed E-state index contributed by atoms with van der Waals surface area (Å²) in [5, 5.41) is 0. The molecule has 4 nitrogen and oxygen atoms in total. The molecule has 1 aliphatic rings. The smallest absolute Gasteiger partial charge is 0.267 e.